The number of benzene rings is 1. The van der Waals surface area contributed by atoms with E-state index in [1.807, 2.05) is 0 Å². The molecule has 1 aliphatic heterocycles. The molecular formula is C17H28N2O. The second-order valence-electron chi connectivity index (χ2n) is 6.91. The molecule has 20 heavy (non-hydrogen) atoms. The molecule has 0 spiro atoms. The molecule has 0 bridgehead atoms. The molecule has 0 aliphatic carbocycles. The Bertz CT molecular complexity index is 450. The lowest BCUT2D eigenvalue weighted by atomic mass is 9.98. The molecule has 3 nitrogen and oxygen atoms in total. The van der Waals surface area contributed by atoms with E-state index >= 15 is 0 Å². The quantitative estimate of drug-likeness (QED) is 0.918. The van der Waals surface area contributed by atoms with Crippen LogP contribution in [-0.4, -0.2) is 53.7 Å². The van der Waals surface area contributed by atoms with E-state index in [1.54, 1.807) is 0 Å². The van der Waals surface area contributed by atoms with Gasteiger partial charge in [0.2, 0.25) is 0 Å². The van der Waals surface area contributed by atoms with Crippen molar-refractivity contribution in [1.82, 2.24) is 9.80 Å². The van der Waals surface area contributed by atoms with Gasteiger partial charge in [-0.25, -0.2) is 0 Å². The third-order valence-electron chi connectivity index (χ3n) is 4.46. The van der Waals surface area contributed by atoms with E-state index in [9.17, 15) is 5.11 Å². The predicted molar refractivity (Wildman–Crippen MR) is 84.0 cm³/mol. The summed E-state index contributed by atoms with van der Waals surface area (Å²) < 4.78 is 0. The van der Waals surface area contributed by atoms with Gasteiger partial charge in [-0.3, -0.25) is 9.80 Å². The Morgan fingerprint density at radius 1 is 1.15 bits per heavy atom. The van der Waals surface area contributed by atoms with Crippen LogP contribution >= 0.6 is 0 Å². The number of piperazine rings is 1. The van der Waals surface area contributed by atoms with Gasteiger partial charge in [-0.2, -0.15) is 0 Å². The minimum atomic E-state index is -0.396. The lowest BCUT2D eigenvalue weighted by Gasteiger charge is -2.45. The summed E-state index contributed by atoms with van der Waals surface area (Å²) in [6.45, 7) is 12.5. The van der Waals surface area contributed by atoms with Crippen LogP contribution in [0, 0.1) is 13.8 Å². The summed E-state index contributed by atoms with van der Waals surface area (Å²) in [5.41, 5.74) is 3.66. The molecule has 1 unspecified atom stereocenters. The first-order chi connectivity index (χ1) is 9.28. The summed E-state index contributed by atoms with van der Waals surface area (Å²) in [5, 5.41) is 10.5. The van der Waals surface area contributed by atoms with Crippen molar-refractivity contribution in [2.75, 3.05) is 33.2 Å². The number of aryl methyl sites for hydroxylation is 2. The fourth-order valence-corrected chi connectivity index (χ4v) is 3.05. The molecule has 1 N–H and O–H groups in total. The lowest BCUT2D eigenvalue weighted by Crippen LogP contribution is -2.58. The van der Waals surface area contributed by atoms with E-state index in [2.05, 4.69) is 62.7 Å². The molecule has 3 heteroatoms. The molecule has 1 aromatic rings. The van der Waals surface area contributed by atoms with Crippen molar-refractivity contribution in [2.45, 2.75) is 39.3 Å². The number of hydrogen-bond acceptors (Lipinski definition) is 3. The fraction of sp³-hybridized carbons (Fsp3) is 0.647. The number of nitrogens with zero attached hydrogens (tertiary/aromatic N) is 2. The van der Waals surface area contributed by atoms with E-state index < -0.39 is 6.10 Å². The molecule has 1 aromatic carbocycles. The Morgan fingerprint density at radius 3 is 2.30 bits per heavy atom. The van der Waals surface area contributed by atoms with Crippen LogP contribution in [-0.2, 0) is 0 Å². The normalized spacial score (nSPS) is 21.9. The Hall–Kier alpha value is -0.900. The van der Waals surface area contributed by atoms with Crippen LogP contribution in [0.5, 0.6) is 0 Å². The number of rotatable bonds is 3. The highest BCUT2D eigenvalue weighted by molar-refractivity contribution is 5.30. The van der Waals surface area contributed by atoms with E-state index in [1.165, 1.54) is 11.1 Å². The molecular weight excluding hydrogens is 248 g/mol. The van der Waals surface area contributed by atoms with E-state index in [4.69, 9.17) is 0 Å². The van der Waals surface area contributed by atoms with Gasteiger partial charge in [-0.05, 0) is 40.3 Å². The van der Waals surface area contributed by atoms with Crippen molar-refractivity contribution < 1.29 is 5.11 Å². The summed E-state index contributed by atoms with van der Waals surface area (Å²) in [5.74, 6) is 0. The Kier molecular flexibility index (Phi) is 4.52. The summed E-state index contributed by atoms with van der Waals surface area (Å²) in [6.07, 6.45) is -0.396. The largest absolute Gasteiger partial charge is 0.387 e. The molecule has 0 radical (unpaired) electrons. The number of aliphatic hydroxyl groups excluding tert-OH is 1. The highest BCUT2D eigenvalue weighted by Gasteiger charge is 2.31. The topological polar surface area (TPSA) is 26.7 Å². The number of hydrogen-bond donors (Lipinski definition) is 1. The molecule has 1 atom stereocenters. The van der Waals surface area contributed by atoms with Crippen LogP contribution in [0.2, 0.25) is 0 Å². The maximum Gasteiger partial charge on any atom is 0.0917 e. The molecule has 1 fully saturated rings. The van der Waals surface area contributed by atoms with Gasteiger partial charge >= 0.3 is 0 Å². The average Bonchev–Trinajstić information content (AvgIpc) is 2.32. The third-order valence-corrected chi connectivity index (χ3v) is 4.46. The predicted octanol–water partition coefficient (Wildman–Crippen LogP) is 2.36. The minimum Gasteiger partial charge on any atom is -0.387 e. The van der Waals surface area contributed by atoms with Gasteiger partial charge in [0.25, 0.3) is 0 Å². The SMILES string of the molecule is Cc1cc(C)cc(C(O)CN2CCN(C)C(C)(C)C2)c1. The van der Waals surface area contributed by atoms with Crippen molar-refractivity contribution in [3.05, 3.63) is 34.9 Å². The first-order valence-corrected chi connectivity index (χ1v) is 7.48. The van der Waals surface area contributed by atoms with Crippen molar-refractivity contribution in [2.24, 2.45) is 0 Å². The van der Waals surface area contributed by atoms with Crippen LogP contribution in [0.4, 0.5) is 0 Å². The van der Waals surface area contributed by atoms with Crippen molar-refractivity contribution in [1.29, 1.82) is 0 Å². The van der Waals surface area contributed by atoms with Crippen LogP contribution < -0.4 is 0 Å². The maximum atomic E-state index is 10.5. The van der Waals surface area contributed by atoms with Gasteiger partial charge in [0, 0.05) is 31.7 Å². The minimum absolute atomic E-state index is 0.181. The Labute approximate surface area is 123 Å². The highest BCUT2D eigenvalue weighted by Crippen LogP contribution is 2.23. The first-order valence-electron chi connectivity index (χ1n) is 7.48. The standard InChI is InChI=1S/C17H28N2O/c1-13-8-14(2)10-15(9-13)16(20)11-19-7-6-18(5)17(3,4)12-19/h8-10,16,20H,6-7,11-12H2,1-5H3. The summed E-state index contributed by atoms with van der Waals surface area (Å²) in [7, 11) is 2.18. The van der Waals surface area contributed by atoms with Crippen molar-refractivity contribution in [3.8, 4) is 0 Å². The average molecular weight is 276 g/mol. The fourth-order valence-electron chi connectivity index (χ4n) is 3.05. The molecule has 2 rings (SSSR count). The second kappa shape index (κ2) is 5.84. The summed E-state index contributed by atoms with van der Waals surface area (Å²) in [6, 6.07) is 6.34. The first kappa shape index (κ1) is 15.5. The molecule has 0 amide bonds. The van der Waals surface area contributed by atoms with Crippen LogP contribution in [0.1, 0.15) is 36.6 Å². The number of likely N-dealkylation sites (N-methyl/N-ethyl adjacent to an activating group) is 1. The molecule has 1 saturated heterocycles. The zero-order valence-electron chi connectivity index (χ0n) is 13.5. The third kappa shape index (κ3) is 3.60. The number of aliphatic hydroxyl groups is 1. The molecule has 112 valence electrons. The zero-order valence-corrected chi connectivity index (χ0v) is 13.5. The summed E-state index contributed by atoms with van der Waals surface area (Å²) in [4.78, 5) is 4.77. The van der Waals surface area contributed by atoms with E-state index in [0.717, 1.165) is 31.7 Å². The van der Waals surface area contributed by atoms with Gasteiger partial charge in [0.1, 0.15) is 0 Å². The lowest BCUT2D eigenvalue weighted by molar-refractivity contribution is 0.0141. The Balaban J connectivity index is 2.03. The van der Waals surface area contributed by atoms with Gasteiger partial charge < -0.3 is 5.11 Å². The molecule has 0 aromatic heterocycles. The van der Waals surface area contributed by atoms with Crippen LogP contribution in [0.15, 0.2) is 18.2 Å². The van der Waals surface area contributed by atoms with Gasteiger partial charge in [0.15, 0.2) is 0 Å². The number of β-amino-alcohol motifs (C(OH)–C–C–N with tert-alkyl or cyclic N) is 1. The molecule has 1 heterocycles. The van der Waals surface area contributed by atoms with Crippen LogP contribution in [0.25, 0.3) is 0 Å². The monoisotopic (exact) mass is 276 g/mol. The van der Waals surface area contributed by atoms with E-state index in [-0.39, 0.29) is 5.54 Å². The zero-order chi connectivity index (χ0) is 14.9. The smallest absolute Gasteiger partial charge is 0.0917 e. The van der Waals surface area contributed by atoms with E-state index in [0.29, 0.717) is 0 Å². The maximum absolute atomic E-state index is 10.5. The van der Waals surface area contributed by atoms with Gasteiger partial charge in [-0.15, -0.1) is 0 Å². The van der Waals surface area contributed by atoms with Gasteiger partial charge in [-0.1, -0.05) is 29.3 Å². The molecule has 1 aliphatic rings. The van der Waals surface area contributed by atoms with Gasteiger partial charge in [0.05, 0.1) is 6.10 Å². The Morgan fingerprint density at radius 2 is 1.75 bits per heavy atom. The van der Waals surface area contributed by atoms with Crippen molar-refractivity contribution >= 4 is 0 Å². The van der Waals surface area contributed by atoms with Crippen molar-refractivity contribution in [3.63, 3.8) is 0 Å². The highest BCUT2D eigenvalue weighted by atomic mass is 16.3. The second-order valence-corrected chi connectivity index (χ2v) is 6.91. The molecule has 0 saturated carbocycles. The summed E-state index contributed by atoms with van der Waals surface area (Å²) >= 11 is 0. The van der Waals surface area contributed by atoms with Crippen LogP contribution in [0.3, 0.4) is 0 Å².